The van der Waals surface area contributed by atoms with Crippen LogP contribution in [0.2, 0.25) is 0 Å². The molecule has 0 saturated heterocycles. The number of hydrogen-bond donors (Lipinski definition) is 3. The van der Waals surface area contributed by atoms with Gasteiger partial charge in [-0.25, -0.2) is 5.53 Å². The van der Waals surface area contributed by atoms with Gasteiger partial charge in [-0.1, -0.05) is 0 Å². The number of carbonyl (C=O) groups excluding carboxylic acids is 1. The summed E-state index contributed by atoms with van der Waals surface area (Å²) in [5.41, 5.74) is 8.13. The first kappa shape index (κ1) is 7.72. The number of carbonyl (C=O) groups is 1. The van der Waals surface area contributed by atoms with E-state index in [1.807, 2.05) is 6.07 Å². The van der Waals surface area contributed by atoms with Crippen molar-refractivity contribution in [2.45, 2.75) is 6.42 Å². The van der Waals surface area contributed by atoms with Crippen LogP contribution in [-0.2, 0) is 11.2 Å². The first-order valence-electron chi connectivity index (χ1n) is 3.85. The maximum Gasteiger partial charge on any atom is 0.292 e. The third kappa shape index (κ3) is 1.24. The Morgan fingerprint density at radius 2 is 2.46 bits per heavy atom. The number of amides is 1. The Morgan fingerprint density at radius 1 is 1.62 bits per heavy atom. The summed E-state index contributed by atoms with van der Waals surface area (Å²) in [4.78, 5) is 14.0. The fourth-order valence-electron chi connectivity index (χ4n) is 1.31. The molecule has 0 aliphatic carbocycles. The molecule has 1 aromatic rings. The molecule has 1 amide bonds. The lowest BCUT2D eigenvalue weighted by molar-refractivity contribution is -0.115. The smallest absolute Gasteiger partial charge is 0.292 e. The lowest BCUT2D eigenvalue weighted by Gasteiger charge is -2.11. The van der Waals surface area contributed by atoms with E-state index in [-0.39, 0.29) is 0 Å². The van der Waals surface area contributed by atoms with Gasteiger partial charge in [0.1, 0.15) is 5.82 Å². The Hall–Kier alpha value is -1.91. The van der Waals surface area contributed by atoms with Crippen molar-refractivity contribution in [3.63, 3.8) is 0 Å². The molecule has 1 aliphatic heterocycles. The van der Waals surface area contributed by atoms with Crippen LogP contribution in [-0.4, -0.2) is 10.9 Å². The van der Waals surface area contributed by atoms with Crippen LogP contribution in [0.1, 0.15) is 5.56 Å². The third-order valence-corrected chi connectivity index (χ3v) is 1.98. The van der Waals surface area contributed by atoms with Gasteiger partial charge in [0.05, 0.1) is 0 Å². The quantitative estimate of drug-likeness (QED) is 0.565. The van der Waals surface area contributed by atoms with Gasteiger partial charge in [0.15, 0.2) is 0 Å². The van der Waals surface area contributed by atoms with Crippen molar-refractivity contribution < 1.29 is 4.79 Å². The summed E-state index contributed by atoms with van der Waals surface area (Å²) in [7, 11) is 0. The van der Waals surface area contributed by atoms with Gasteiger partial charge in [-0.05, 0) is 11.6 Å². The number of aromatic nitrogens is 1. The monoisotopic (exact) mass is 176 g/mol. The SMILES string of the molecule is N=NC(=O)C1=CNc2[nH]ccc2C1. The van der Waals surface area contributed by atoms with E-state index in [0.717, 1.165) is 11.4 Å². The molecule has 0 radical (unpaired) electrons. The molecule has 1 aromatic heterocycles. The molecular weight excluding hydrogens is 168 g/mol. The maximum absolute atomic E-state index is 11.0. The van der Waals surface area contributed by atoms with Crippen LogP contribution in [0.5, 0.6) is 0 Å². The zero-order valence-corrected chi connectivity index (χ0v) is 6.79. The Morgan fingerprint density at radius 3 is 3.23 bits per heavy atom. The van der Waals surface area contributed by atoms with Gasteiger partial charge >= 0.3 is 0 Å². The fraction of sp³-hybridized carbons (Fsp3) is 0.125. The van der Waals surface area contributed by atoms with Crippen molar-refractivity contribution in [1.29, 1.82) is 5.53 Å². The van der Waals surface area contributed by atoms with Gasteiger partial charge in [-0.15, -0.1) is 5.11 Å². The van der Waals surface area contributed by atoms with Gasteiger partial charge in [0.2, 0.25) is 0 Å². The zero-order chi connectivity index (χ0) is 9.26. The van der Waals surface area contributed by atoms with Crippen molar-refractivity contribution in [3.8, 4) is 0 Å². The number of anilines is 1. The number of aromatic amines is 1. The average molecular weight is 176 g/mol. The highest BCUT2D eigenvalue weighted by molar-refractivity contribution is 5.95. The molecule has 2 rings (SSSR count). The highest BCUT2D eigenvalue weighted by Gasteiger charge is 2.16. The van der Waals surface area contributed by atoms with Crippen LogP contribution < -0.4 is 5.32 Å². The number of nitrogens with zero attached hydrogens (tertiary/aromatic N) is 1. The standard InChI is InChI=1S/C8H8N4O/c9-12-8(13)6-3-5-1-2-10-7(5)11-4-6/h1-2,4,9-11H,3H2. The third-order valence-electron chi connectivity index (χ3n) is 1.98. The van der Waals surface area contributed by atoms with Crippen molar-refractivity contribution in [3.05, 3.63) is 29.6 Å². The van der Waals surface area contributed by atoms with E-state index in [0.29, 0.717) is 12.0 Å². The molecule has 5 heteroatoms. The second-order valence-electron chi connectivity index (χ2n) is 2.79. The van der Waals surface area contributed by atoms with E-state index in [1.165, 1.54) is 0 Å². The van der Waals surface area contributed by atoms with Crippen molar-refractivity contribution in [1.82, 2.24) is 4.98 Å². The lowest BCUT2D eigenvalue weighted by atomic mass is 10.1. The van der Waals surface area contributed by atoms with E-state index >= 15 is 0 Å². The first-order valence-corrected chi connectivity index (χ1v) is 3.85. The predicted molar refractivity (Wildman–Crippen MR) is 46.4 cm³/mol. The fourth-order valence-corrected chi connectivity index (χ4v) is 1.31. The molecule has 0 fully saturated rings. The Bertz CT molecular complexity index is 391. The van der Waals surface area contributed by atoms with Crippen LogP contribution in [0.3, 0.4) is 0 Å². The minimum absolute atomic E-state index is 0.487. The Kier molecular flexibility index (Phi) is 1.70. The Balaban J connectivity index is 2.26. The second kappa shape index (κ2) is 2.85. The number of H-pyrrole nitrogens is 1. The number of hydrogen-bond acceptors (Lipinski definition) is 3. The van der Waals surface area contributed by atoms with E-state index in [9.17, 15) is 4.79 Å². The molecule has 0 saturated carbocycles. The minimum atomic E-state index is -0.487. The summed E-state index contributed by atoms with van der Waals surface area (Å²) >= 11 is 0. The molecule has 3 N–H and O–H groups in total. The summed E-state index contributed by atoms with van der Waals surface area (Å²) in [5, 5.41) is 5.79. The summed E-state index contributed by atoms with van der Waals surface area (Å²) in [5.74, 6) is 0.417. The molecule has 1 aliphatic rings. The van der Waals surface area contributed by atoms with E-state index in [2.05, 4.69) is 15.4 Å². The van der Waals surface area contributed by atoms with E-state index in [4.69, 9.17) is 5.53 Å². The topological polar surface area (TPSA) is 81.1 Å². The van der Waals surface area contributed by atoms with Crippen LogP contribution >= 0.6 is 0 Å². The molecular formula is C8H8N4O. The minimum Gasteiger partial charge on any atom is -0.348 e. The lowest BCUT2D eigenvalue weighted by Crippen LogP contribution is -2.10. The van der Waals surface area contributed by atoms with Gasteiger partial charge in [0.25, 0.3) is 5.91 Å². The predicted octanol–water partition coefficient (Wildman–Crippen LogP) is 1.42. The molecule has 66 valence electrons. The van der Waals surface area contributed by atoms with Crippen molar-refractivity contribution >= 4 is 11.7 Å². The van der Waals surface area contributed by atoms with Crippen molar-refractivity contribution in [2.75, 3.05) is 5.32 Å². The molecule has 0 atom stereocenters. The Labute approximate surface area is 74.4 Å². The summed E-state index contributed by atoms with van der Waals surface area (Å²) in [6.07, 6.45) is 3.92. The van der Waals surface area contributed by atoms with Crippen molar-refractivity contribution in [2.24, 2.45) is 5.11 Å². The average Bonchev–Trinajstić information content (AvgIpc) is 2.63. The van der Waals surface area contributed by atoms with Gasteiger partial charge in [-0.3, -0.25) is 4.79 Å². The normalized spacial score (nSPS) is 14.0. The number of fused-ring (bicyclic) bond motifs is 1. The molecule has 2 heterocycles. The van der Waals surface area contributed by atoms with Gasteiger partial charge in [0, 0.05) is 24.4 Å². The maximum atomic E-state index is 11.0. The van der Waals surface area contributed by atoms with Crippen LogP contribution in [0.15, 0.2) is 29.2 Å². The van der Waals surface area contributed by atoms with Crippen LogP contribution in [0.25, 0.3) is 0 Å². The van der Waals surface area contributed by atoms with Gasteiger partial charge < -0.3 is 10.3 Å². The molecule has 0 aromatic carbocycles. The van der Waals surface area contributed by atoms with E-state index in [1.54, 1.807) is 12.4 Å². The van der Waals surface area contributed by atoms with E-state index < -0.39 is 5.91 Å². The summed E-state index contributed by atoms with van der Waals surface area (Å²) < 4.78 is 0. The van der Waals surface area contributed by atoms with Crippen LogP contribution in [0.4, 0.5) is 5.82 Å². The first-order chi connectivity index (χ1) is 6.31. The summed E-state index contributed by atoms with van der Waals surface area (Å²) in [6.45, 7) is 0. The highest BCUT2D eigenvalue weighted by Crippen LogP contribution is 2.22. The second-order valence-corrected chi connectivity index (χ2v) is 2.79. The highest BCUT2D eigenvalue weighted by atomic mass is 16.1. The molecule has 0 bridgehead atoms. The molecule has 0 unspecified atom stereocenters. The number of rotatable bonds is 1. The number of nitrogens with one attached hydrogen (secondary N) is 3. The zero-order valence-electron chi connectivity index (χ0n) is 6.79. The van der Waals surface area contributed by atoms with Crippen LogP contribution in [0, 0.1) is 5.53 Å². The summed E-state index contributed by atoms with van der Waals surface area (Å²) in [6, 6.07) is 1.90. The molecule has 0 spiro atoms. The molecule has 5 nitrogen and oxygen atoms in total. The molecule has 13 heavy (non-hydrogen) atoms. The van der Waals surface area contributed by atoms with Gasteiger partial charge in [-0.2, -0.15) is 0 Å². The largest absolute Gasteiger partial charge is 0.348 e.